The number of thiazole rings is 1. The fourth-order valence-corrected chi connectivity index (χ4v) is 5.34. The lowest BCUT2D eigenvalue weighted by Crippen LogP contribution is -2.07. The molecule has 0 aliphatic rings. The molecule has 9 heteroatoms. The van der Waals surface area contributed by atoms with E-state index in [1.807, 2.05) is 54.1 Å². The Bertz CT molecular complexity index is 1230. The quantitative estimate of drug-likeness (QED) is 0.217. The van der Waals surface area contributed by atoms with Crippen molar-refractivity contribution in [2.75, 3.05) is 12.9 Å². The molecule has 0 atom stereocenters. The second-order valence-electron chi connectivity index (χ2n) is 7.69. The number of carbonyl (C=O) groups is 1. The number of benzene rings is 1. The summed E-state index contributed by atoms with van der Waals surface area (Å²) in [5, 5.41) is 12.4. The standard InChI is InChI=1S/C24H27N5O2S2/c1-5-6-12-28-22(18-7-9-19(31-4)10-8-18)26-27-24(28)33-15-21(30)20-14-16(2)29(17(20)3)23-25-11-13-32-23/h7-11,13-14H,5-6,12,15H2,1-4H3. The first-order valence-electron chi connectivity index (χ1n) is 10.9. The van der Waals surface area contributed by atoms with Gasteiger partial charge in [-0.25, -0.2) is 4.98 Å². The van der Waals surface area contributed by atoms with Crippen LogP contribution >= 0.6 is 23.1 Å². The van der Waals surface area contributed by atoms with Gasteiger partial charge in [-0.3, -0.25) is 9.36 Å². The summed E-state index contributed by atoms with van der Waals surface area (Å²) in [6.07, 6.45) is 3.85. The van der Waals surface area contributed by atoms with Gasteiger partial charge in [0.05, 0.1) is 12.9 Å². The van der Waals surface area contributed by atoms with Crippen LogP contribution in [-0.2, 0) is 6.54 Å². The molecule has 0 saturated heterocycles. The third-order valence-corrected chi connectivity index (χ3v) is 7.20. The molecule has 0 saturated carbocycles. The lowest BCUT2D eigenvalue weighted by Gasteiger charge is -2.10. The first-order chi connectivity index (χ1) is 16.0. The Balaban J connectivity index is 1.55. The summed E-state index contributed by atoms with van der Waals surface area (Å²) in [5.74, 6) is 1.98. The average Bonchev–Trinajstić information content (AvgIpc) is 3.55. The molecule has 1 aromatic carbocycles. The predicted octanol–water partition coefficient (Wildman–Crippen LogP) is 5.59. The van der Waals surface area contributed by atoms with E-state index in [9.17, 15) is 4.79 Å². The largest absolute Gasteiger partial charge is 0.497 e. The van der Waals surface area contributed by atoms with Crippen LogP contribution in [0.1, 0.15) is 41.5 Å². The van der Waals surface area contributed by atoms with Gasteiger partial charge in [-0.15, -0.1) is 21.5 Å². The molecule has 7 nitrogen and oxygen atoms in total. The number of ketones is 1. The van der Waals surface area contributed by atoms with Crippen molar-refractivity contribution in [3.8, 4) is 22.3 Å². The van der Waals surface area contributed by atoms with E-state index in [0.717, 1.165) is 63.8 Å². The van der Waals surface area contributed by atoms with Gasteiger partial charge >= 0.3 is 0 Å². The lowest BCUT2D eigenvalue weighted by molar-refractivity contribution is 0.102. The van der Waals surface area contributed by atoms with Gasteiger partial charge in [-0.05, 0) is 50.6 Å². The van der Waals surface area contributed by atoms with E-state index in [0.29, 0.717) is 5.75 Å². The van der Waals surface area contributed by atoms with Gasteiger partial charge in [0.1, 0.15) is 5.75 Å². The number of aromatic nitrogens is 5. The molecule has 0 aliphatic heterocycles. The van der Waals surface area contributed by atoms with Crippen LogP contribution in [0.2, 0.25) is 0 Å². The van der Waals surface area contributed by atoms with Gasteiger partial charge in [0, 0.05) is 40.6 Å². The topological polar surface area (TPSA) is 74.8 Å². The van der Waals surface area contributed by atoms with Gasteiger partial charge in [-0.2, -0.15) is 0 Å². The van der Waals surface area contributed by atoms with E-state index in [4.69, 9.17) is 4.74 Å². The average molecular weight is 482 g/mol. The molecule has 3 aromatic heterocycles. The lowest BCUT2D eigenvalue weighted by atomic mass is 10.2. The number of ether oxygens (including phenoxy) is 1. The van der Waals surface area contributed by atoms with Crippen molar-refractivity contribution in [2.45, 2.75) is 45.3 Å². The van der Waals surface area contributed by atoms with Crippen molar-refractivity contribution in [3.63, 3.8) is 0 Å². The minimum atomic E-state index is 0.0759. The van der Waals surface area contributed by atoms with Gasteiger partial charge in [0.2, 0.25) is 0 Å². The van der Waals surface area contributed by atoms with Crippen molar-refractivity contribution in [1.29, 1.82) is 0 Å². The third kappa shape index (κ3) is 4.89. The van der Waals surface area contributed by atoms with Gasteiger partial charge in [0.25, 0.3) is 0 Å². The maximum absolute atomic E-state index is 13.1. The van der Waals surface area contributed by atoms with Crippen molar-refractivity contribution in [3.05, 3.63) is 58.9 Å². The molecule has 4 rings (SSSR count). The Morgan fingerprint density at radius 1 is 1.18 bits per heavy atom. The van der Waals surface area contributed by atoms with Gasteiger partial charge in [-0.1, -0.05) is 25.1 Å². The molecule has 0 radical (unpaired) electrons. The molecule has 0 fully saturated rings. The van der Waals surface area contributed by atoms with Crippen LogP contribution in [0.15, 0.2) is 47.1 Å². The fourth-order valence-electron chi connectivity index (χ4n) is 3.74. The Labute approximate surface area is 201 Å². The summed E-state index contributed by atoms with van der Waals surface area (Å²) < 4.78 is 9.42. The van der Waals surface area contributed by atoms with Gasteiger partial charge in [0.15, 0.2) is 21.9 Å². The van der Waals surface area contributed by atoms with Crippen molar-refractivity contribution in [2.24, 2.45) is 0 Å². The number of rotatable bonds is 10. The Hall–Kier alpha value is -2.91. The number of hydrogen-bond acceptors (Lipinski definition) is 7. The Morgan fingerprint density at radius 3 is 2.64 bits per heavy atom. The van der Waals surface area contributed by atoms with Crippen LogP contribution in [0.4, 0.5) is 0 Å². The van der Waals surface area contributed by atoms with E-state index < -0.39 is 0 Å². The molecule has 172 valence electrons. The van der Waals surface area contributed by atoms with E-state index in [1.165, 1.54) is 11.8 Å². The molecule has 3 heterocycles. The zero-order valence-electron chi connectivity index (χ0n) is 19.2. The summed E-state index contributed by atoms with van der Waals surface area (Å²) in [5.41, 5.74) is 3.62. The molecule has 0 spiro atoms. The summed E-state index contributed by atoms with van der Waals surface area (Å²) in [6.45, 7) is 6.94. The van der Waals surface area contributed by atoms with Crippen molar-refractivity contribution >= 4 is 28.9 Å². The zero-order valence-corrected chi connectivity index (χ0v) is 20.9. The van der Waals surface area contributed by atoms with E-state index in [2.05, 4.69) is 26.7 Å². The predicted molar refractivity (Wildman–Crippen MR) is 133 cm³/mol. The van der Waals surface area contributed by atoms with E-state index >= 15 is 0 Å². The number of hydrogen-bond donors (Lipinski definition) is 0. The first kappa shape index (κ1) is 23.3. The van der Waals surface area contributed by atoms with Crippen LogP contribution in [-0.4, -0.2) is 43.0 Å². The van der Waals surface area contributed by atoms with Crippen LogP contribution < -0.4 is 4.74 Å². The fraction of sp³-hybridized carbons (Fsp3) is 0.333. The molecule has 0 unspecified atom stereocenters. The van der Waals surface area contributed by atoms with Crippen molar-refractivity contribution in [1.82, 2.24) is 24.3 Å². The Kier molecular flexibility index (Phi) is 7.29. The maximum atomic E-state index is 13.1. The van der Waals surface area contributed by atoms with Gasteiger partial charge < -0.3 is 9.30 Å². The number of nitrogens with zero attached hydrogens (tertiary/aromatic N) is 5. The summed E-state index contributed by atoms with van der Waals surface area (Å²) in [6, 6.07) is 9.76. The van der Waals surface area contributed by atoms with Crippen molar-refractivity contribution < 1.29 is 9.53 Å². The maximum Gasteiger partial charge on any atom is 0.193 e. The first-order valence-corrected chi connectivity index (χ1v) is 12.7. The number of carbonyl (C=O) groups excluding carboxylic acids is 1. The highest BCUT2D eigenvalue weighted by Crippen LogP contribution is 2.28. The molecule has 33 heavy (non-hydrogen) atoms. The van der Waals surface area contributed by atoms with Crippen LogP contribution in [0.5, 0.6) is 5.75 Å². The zero-order chi connectivity index (χ0) is 23.4. The second-order valence-corrected chi connectivity index (χ2v) is 9.50. The van der Waals surface area contributed by atoms with Crippen LogP contribution in [0.3, 0.4) is 0 Å². The highest BCUT2D eigenvalue weighted by molar-refractivity contribution is 7.99. The number of methoxy groups -OCH3 is 1. The summed E-state index contributed by atoms with van der Waals surface area (Å²) in [4.78, 5) is 17.5. The number of unbranched alkanes of at least 4 members (excludes halogenated alkanes) is 1. The summed E-state index contributed by atoms with van der Waals surface area (Å²) >= 11 is 3.00. The normalized spacial score (nSPS) is 11.2. The summed E-state index contributed by atoms with van der Waals surface area (Å²) in [7, 11) is 1.65. The number of thioether (sulfide) groups is 1. The molecule has 0 bridgehead atoms. The minimum Gasteiger partial charge on any atom is -0.497 e. The second kappa shape index (κ2) is 10.4. The molecule has 0 N–H and O–H groups in total. The number of aryl methyl sites for hydroxylation is 1. The van der Waals surface area contributed by atoms with Crippen LogP contribution in [0.25, 0.3) is 16.5 Å². The highest BCUT2D eigenvalue weighted by Gasteiger charge is 2.20. The van der Waals surface area contributed by atoms with E-state index in [1.54, 1.807) is 24.6 Å². The molecule has 0 aliphatic carbocycles. The molecular weight excluding hydrogens is 454 g/mol. The van der Waals surface area contributed by atoms with Crippen LogP contribution in [0, 0.1) is 13.8 Å². The van der Waals surface area contributed by atoms with E-state index in [-0.39, 0.29) is 5.78 Å². The Morgan fingerprint density at radius 2 is 1.97 bits per heavy atom. The molecule has 0 amide bonds. The number of Topliss-reactive ketones (excluding diaryl/α,β-unsaturated/α-hetero) is 1. The third-order valence-electron chi connectivity index (χ3n) is 5.47. The minimum absolute atomic E-state index is 0.0759. The molecular formula is C24H27N5O2S2. The SMILES string of the molecule is CCCCn1c(SCC(=O)c2cc(C)n(-c3nccs3)c2C)nnc1-c1ccc(OC)cc1. The monoisotopic (exact) mass is 481 g/mol. The smallest absolute Gasteiger partial charge is 0.193 e. The highest BCUT2D eigenvalue weighted by atomic mass is 32.2. The molecule has 4 aromatic rings.